The molecule has 0 spiro atoms. The van der Waals surface area contributed by atoms with E-state index >= 15 is 0 Å². The SMILES string of the molecule is CCCN(CCO)c1ccc([C@H](C)N)cc1F. The van der Waals surface area contributed by atoms with Gasteiger partial charge < -0.3 is 15.7 Å². The monoisotopic (exact) mass is 240 g/mol. The Hall–Kier alpha value is -1.13. The lowest BCUT2D eigenvalue weighted by Crippen LogP contribution is -2.28. The van der Waals surface area contributed by atoms with Crippen LogP contribution in [0.15, 0.2) is 18.2 Å². The second kappa shape index (κ2) is 6.57. The van der Waals surface area contributed by atoms with Crippen LogP contribution in [0.5, 0.6) is 0 Å². The maximum atomic E-state index is 13.9. The lowest BCUT2D eigenvalue weighted by molar-refractivity contribution is 0.301. The van der Waals surface area contributed by atoms with Gasteiger partial charge in [0.05, 0.1) is 12.3 Å². The van der Waals surface area contributed by atoms with Gasteiger partial charge in [-0.25, -0.2) is 4.39 Å². The fourth-order valence-corrected chi connectivity index (χ4v) is 1.81. The predicted octanol–water partition coefficient (Wildman–Crippen LogP) is 2.05. The summed E-state index contributed by atoms with van der Waals surface area (Å²) in [6.07, 6.45) is 0.911. The maximum Gasteiger partial charge on any atom is 0.146 e. The van der Waals surface area contributed by atoms with Crippen LogP contribution in [0, 0.1) is 5.82 Å². The van der Waals surface area contributed by atoms with E-state index in [0.717, 1.165) is 18.5 Å². The number of anilines is 1. The van der Waals surface area contributed by atoms with Crippen LogP contribution in [0.3, 0.4) is 0 Å². The van der Waals surface area contributed by atoms with Crippen molar-refractivity contribution in [1.82, 2.24) is 0 Å². The van der Waals surface area contributed by atoms with E-state index in [-0.39, 0.29) is 18.5 Å². The molecule has 1 rings (SSSR count). The zero-order valence-corrected chi connectivity index (χ0v) is 10.5. The Morgan fingerprint density at radius 1 is 1.41 bits per heavy atom. The van der Waals surface area contributed by atoms with E-state index in [0.29, 0.717) is 12.2 Å². The minimum absolute atomic E-state index is 0.0223. The number of nitrogens with zero attached hydrogens (tertiary/aromatic N) is 1. The number of nitrogens with two attached hydrogens (primary N) is 1. The van der Waals surface area contributed by atoms with Crippen LogP contribution >= 0.6 is 0 Å². The molecule has 0 radical (unpaired) electrons. The van der Waals surface area contributed by atoms with E-state index in [1.54, 1.807) is 6.07 Å². The molecule has 0 aliphatic carbocycles. The zero-order chi connectivity index (χ0) is 12.8. The van der Waals surface area contributed by atoms with Gasteiger partial charge in [0.1, 0.15) is 5.82 Å². The molecule has 96 valence electrons. The van der Waals surface area contributed by atoms with Crippen molar-refractivity contribution in [3.05, 3.63) is 29.6 Å². The van der Waals surface area contributed by atoms with Gasteiger partial charge >= 0.3 is 0 Å². The molecule has 3 N–H and O–H groups in total. The number of halogens is 1. The Morgan fingerprint density at radius 2 is 2.12 bits per heavy atom. The molecule has 0 aliphatic heterocycles. The van der Waals surface area contributed by atoms with Crippen molar-refractivity contribution in [2.45, 2.75) is 26.3 Å². The number of hydrogen-bond donors (Lipinski definition) is 2. The first-order chi connectivity index (χ1) is 8.10. The second-order valence-corrected chi connectivity index (χ2v) is 4.21. The highest BCUT2D eigenvalue weighted by Gasteiger charge is 2.12. The first kappa shape index (κ1) is 13.9. The molecule has 0 aromatic heterocycles. The van der Waals surface area contributed by atoms with Crippen LogP contribution < -0.4 is 10.6 Å². The first-order valence-electron chi connectivity index (χ1n) is 6.01. The highest BCUT2D eigenvalue weighted by atomic mass is 19.1. The Labute approximate surface area is 102 Å². The van der Waals surface area contributed by atoms with Gasteiger partial charge in [-0.1, -0.05) is 13.0 Å². The average molecular weight is 240 g/mol. The molecule has 0 heterocycles. The third-order valence-electron chi connectivity index (χ3n) is 2.70. The molecule has 0 fully saturated rings. The lowest BCUT2D eigenvalue weighted by Gasteiger charge is -2.24. The molecule has 1 aromatic carbocycles. The molecule has 0 amide bonds. The largest absolute Gasteiger partial charge is 0.395 e. The van der Waals surface area contributed by atoms with Gasteiger partial charge in [0, 0.05) is 19.1 Å². The van der Waals surface area contributed by atoms with Crippen LogP contribution in [0.2, 0.25) is 0 Å². The summed E-state index contributed by atoms with van der Waals surface area (Å²) in [5, 5.41) is 8.97. The average Bonchev–Trinajstić information content (AvgIpc) is 2.28. The molecule has 1 aromatic rings. The van der Waals surface area contributed by atoms with Crippen LogP contribution in [-0.4, -0.2) is 24.8 Å². The summed E-state index contributed by atoms with van der Waals surface area (Å²) in [6, 6.07) is 4.87. The second-order valence-electron chi connectivity index (χ2n) is 4.21. The highest BCUT2D eigenvalue weighted by Crippen LogP contribution is 2.22. The van der Waals surface area contributed by atoms with Crippen LogP contribution in [0.1, 0.15) is 31.9 Å². The van der Waals surface area contributed by atoms with Gasteiger partial charge in [-0.15, -0.1) is 0 Å². The zero-order valence-electron chi connectivity index (χ0n) is 10.5. The number of rotatable bonds is 6. The molecule has 17 heavy (non-hydrogen) atoms. The normalized spacial score (nSPS) is 12.5. The van der Waals surface area contributed by atoms with Gasteiger partial charge in [-0.2, -0.15) is 0 Å². The summed E-state index contributed by atoms with van der Waals surface area (Å²) in [5.74, 6) is -0.276. The van der Waals surface area contributed by atoms with Crippen molar-refractivity contribution in [2.24, 2.45) is 5.73 Å². The summed E-state index contributed by atoms with van der Waals surface area (Å²) < 4.78 is 13.9. The maximum absolute atomic E-state index is 13.9. The molecule has 0 saturated heterocycles. The van der Waals surface area contributed by atoms with E-state index in [2.05, 4.69) is 0 Å². The first-order valence-corrected chi connectivity index (χ1v) is 6.01. The van der Waals surface area contributed by atoms with Crippen molar-refractivity contribution in [3.8, 4) is 0 Å². The Kier molecular flexibility index (Phi) is 5.38. The van der Waals surface area contributed by atoms with Crippen LogP contribution in [0.25, 0.3) is 0 Å². The summed E-state index contributed by atoms with van der Waals surface area (Å²) in [7, 11) is 0. The van der Waals surface area contributed by atoms with Crippen molar-refractivity contribution in [1.29, 1.82) is 0 Å². The summed E-state index contributed by atoms with van der Waals surface area (Å²) in [5.41, 5.74) is 7.02. The number of aliphatic hydroxyl groups excluding tert-OH is 1. The number of hydrogen-bond acceptors (Lipinski definition) is 3. The molecule has 3 nitrogen and oxygen atoms in total. The summed E-state index contributed by atoms with van der Waals surface area (Å²) >= 11 is 0. The van der Waals surface area contributed by atoms with E-state index in [1.165, 1.54) is 6.07 Å². The van der Waals surface area contributed by atoms with Crippen molar-refractivity contribution in [2.75, 3.05) is 24.6 Å². The van der Waals surface area contributed by atoms with Crippen molar-refractivity contribution in [3.63, 3.8) is 0 Å². The molecule has 4 heteroatoms. The lowest BCUT2D eigenvalue weighted by atomic mass is 10.1. The van der Waals surface area contributed by atoms with Gasteiger partial charge in [0.2, 0.25) is 0 Å². The molecule has 0 bridgehead atoms. The fraction of sp³-hybridized carbons (Fsp3) is 0.538. The third kappa shape index (κ3) is 3.68. The Balaban J connectivity index is 2.95. The molecule has 0 aliphatic rings. The number of benzene rings is 1. The minimum Gasteiger partial charge on any atom is -0.395 e. The van der Waals surface area contributed by atoms with E-state index in [9.17, 15) is 4.39 Å². The van der Waals surface area contributed by atoms with Crippen molar-refractivity contribution < 1.29 is 9.50 Å². The smallest absolute Gasteiger partial charge is 0.146 e. The topological polar surface area (TPSA) is 49.5 Å². The molecule has 0 unspecified atom stereocenters. The highest BCUT2D eigenvalue weighted by molar-refractivity contribution is 5.49. The molecular weight excluding hydrogens is 219 g/mol. The van der Waals surface area contributed by atoms with E-state index < -0.39 is 0 Å². The number of aliphatic hydroxyl groups is 1. The van der Waals surface area contributed by atoms with E-state index in [1.807, 2.05) is 24.8 Å². The Morgan fingerprint density at radius 3 is 2.59 bits per heavy atom. The van der Waals surface area contributed by atoms with Crippen LogP contribution in [0.4, 0.5) is 10.1 Å². The Bertz CT molecular complexity index is 349. The van der Waals surface area contributed by atoms with Gasteiger partial charge in [-0.05, 0) is 31.0 Å². The van der Waals surface area contributed by atoms with Crippen LogP contribution in [-0.2, 0) is 0 Å². The molecular formula is C13H21FN2O. The van der Waals surface area contributed by atoms with Gasteiger partial charge in [-0.3, -0.25) is 0 Å². The quantitative estimate of drug-likeness (QED) is 0.800. The fourth-order valence-electron chi connectivity index (χ4n) is 1.81. The summed E-state index contributed by atoms with van der Waals surface area (Å²) in [6.45, 7) is 5.05. The minimum atomic E-state index is -0.276. The molecule has 0 saturated carbocycles. The summed E-state index contributed by atoms with van der Waals surface area (Å²) in [4.78, 5) is 1.85. The van der Waals surface area contributed by atoms with E-state index in [4.69, 9.17) is 10.8 Å². The third-order valence-corrected chi connectivity index (χ3v) is 2.70. The predicted molar refractivity (Wildman–Crippen MR) is 68.6 cm³/mol. The van der Waals surface area contributed by atoms with Crippen molar-refractivity contribution >= 4 is 5.69 Å². The van der Waals surface area contributed by atoms with Gasteiger partial charge in [0.15, 0.2) is 0 Å². The van der Waals surface area contributed by atoms with Gasteiger partial charge in [0.25, 0.3) is 0 Å². The molecule has 1 atom stereocenters. The standard InChI is InChI=1S/C13H21FN2O/c1-3-6-16(7-8-17)13-5-4-11(10(2)15)9-12(13)14/h4-5,9-10,17H,3,6-8,15H2,1-2H3/t10-/m0/s1.